The van der Waals surface area contributed by atoms with E-state index in [1.54, 1.807) is 30.5 Å². The second kappa shape index (κ2) is 9.47. The lowest BCUT2D eigenvalue weighted by molar-refractivity contribution is -0.131. The molecular formula is C21H26FN5O2. The van der Waals surface area contributed by atoms with Gasteiger partial charge in [-0.15, -0.1) is 0 Å². The van der Waals surface area contributed by atoms with Gasteiger partial charge in [-0.1, -0.05) is 18.2 Å². The average Bonchev–Trinajstić information content (AvgIpc) is 3.13. The Morgan fingerprint density at radius 3 is 2.79 bits per heavy atom. The van der Waals surface area contributed by atoms with Gasteiger partial charge in [0.25, 0.3) is 0 Å². The smallest absolute Gasteiger partial charge is 0.243 e. The summed E-state index contributed by atoms with van der Waals surface area (Å²) in [6.07, 6.45) is 3.49. The van der Waals surface area contributed by atoms with Gasteiger partial charge in [-0.25, -0.2) is 9.37 Å². The lowest BCUT2D eigenvalue weighted by Crippen LogP contribution is -2.52. The molecular weight excluding hydrogens is 373 g/mol. The predicted octanol–water partition coefficient (Wildman–Crippen LogP) is 1.24. The fourth-order valence-electron chi connectivity index (χ4n) is 3.47. The Bertz CT molecular complexity index is 858. The Labute approximate surface area is 169 Å². The van der Waals surface area contributed by atoms with Gasteiger partial charge in [0, 0.05) is 19.2 Å². The third-order valence-corrected chi connectivity index (χ3v) is 5.10. The SMILES string of the molecule is CN1CCCC1C(=O)N[C@@H](Cc1cccc(F)c1)C(=O)NCc1ccc(N)nc1. The third-order valence-electron chi connectivity index (χ3n) is 5.10. The molecule has 0 spiro atoms. The Morgan fingerprint density at radius 2 is 2.14 bits per heavy atom. The summed E-state index contributed by atoms with van der Waals surface area (Å²) in [5.74, 6) is -0.496. The zero-order chi connectivity index (χ0) is 20.8. The molecule has 0 bridgehead atoms. The van der Waals surface area contributed by atoms with E-state index in [4.69, 9.17) is 5.73 Å². The Hall–Kier alpha value is -3.00. The minimum Gasteiger partial charge on any atom is -0.384 e. The first kappa shape index (κ1) is 20.7. The van der Waals surface area contributed by atoms with Crippen molar-refractivity contribution < 1.29 is 14.0 Å². The number of nitrogens with zero attached hydrogens (tertiary/aromatic N) is 2. The van der Waals surface area contributed by atoms with Crippen LogP contribution in [-0.4, -0.2) is 47.4 Å². The van der Waals surface area contributed by atoms with E-state index < -0.39 is 6.04 Å². The van der Waals surface area contributed by atoms with E-state index in [9.17, 15) is 14.0 Å². The number of nitrogen functional groups attached to an aromatic ring is 1. The number of benzene rings is 1. The Balaban J connectivity index is 1.69. The van der Waals surface area contributed by atoms with Gasteiger partial charge in [-0.05, 0) is 55.8 Å². The zero-order valence-electron chi connectivity index (χ0n) is 16.4. The minimum absolute atomic E-state index is 0.185. The van der Waals surface area contributed by atoms with Crippen LogP contribution >= 0.6 is 0 Å². The predicted molar refractivity (Wildman–Crippen MR) is 108 cm³/mol. The lowest BCUT2D eigenvalue weighted by Gasteiger charge is -2.23. The summed E-state index contributed by atoms with van der Waals surface area (Å²) in [6, 6.07) is 8.42. The highest BCUT2D eigenvalue weighted by Gasteiger charge is 2.31. The molecule has 8 heteroatoms. The summed E-state index contributed by atoms with van der Waals surface area (Å²) in [5.41, 5.74) is 7.00. The molecule has 1 saturated heterocycles. The number of nitrogens with two attached hydrogens (primary N) is 1. The summed E-state index contributed by atoms with van der Waals surface area (Å²) in [5, 5.41) is 5.67. The number of likely N-dealkylation sites (tertiary alicyclic amines) is 1. The van der Waals surface area contributed by atoms with Crippen LogP contribution in [0, 0.1) is 5.82 Å². The molecule has 2 amide bonds. The van der Waals surface area contributed by atoms with Crippen LogP contribution in [0.15, 0.2) is 42.6 Å². The summed E-state index contributed by atoms with van der Waals surface area (Å²) >= 11 is 0. The number of nitrogens with one attached hydrogen (secondary N) is 2. The van der Waals surface area contributed by atoms with E-state index in [0.717, 1.165) is 24.9 Å². The van der Waals surface area contributed by atoms with Crippen LogP contribution in [0.4, 0.5) is 10.2 Å². The first-order chi connectivity index (χ1) is 13.9. The third kappa shape index (κ3) is 5.74. The van der Waals surface area contributed by atoms with Crippen molar-refractivity contribution in [1.29, 1.82) is 0 Å². The zero-order valence-corrected chi connectivity index (χ0v) is 16.4. The van der Waals surface area contributed by atoms with Gasteiger partial charge in [0.05, 0.1) is 6.04 Å². The molecule has 2 aromatic rings. The van der Waals surface area contributed by atoms with Crippen molar-refractivity contribution in [2.24, 2.45) is 0 Å². The van der Waals surface area contributed by atoms with Gasteiger partial charge in [0.2, 0.25) is 11.8 Å². The maximum absolute atomic E-state index is 13.6. The molecule has 2 heterocycles. The number of carbonyl (C=O) groups excluding carboxylic acids is 2. The van der Waals surface area contributed by atoms with Crippen molar-refractivity contribution in [1.82, 2.24) is 20.5 Å². The van der Waals surface area contributed by atoms with Crippen molar-refractivity contribution in [3.63, 3.8) is 0 Å². The Morgan fingerprint density at radius 1 is 1.31 bits per heavy atom. The maximum Gasteiger partial charge on any atom is 0.243 e. The van der Waals surface area contributed by atoms with E-state index >= 15 is 0 Å². The van der Waals surface area contributed by atoms with Crippen LogP contribution in [0.25, 0.3) is 0 Å². The van der Waals surface area contributed by atoms with Gasteiger partial charge >= 0.3 is 0 Å². The number of halogens is 1. The number of hydrogen-bond donors (Lipinski definition) is 3. The van der Waals surface area contributed by atoms with Crippen LogP contribution in [0.2, 0.25) is 0 Å². The molecule has 1 aliphatic heterocycles. The summed E-state index contributed by atoms with van der Waals surface area (Å²) < 4.78 is 13.6. The van der Waals surface area contributed by atoms with Crippen molar-refractivity contribution in [2.75, 3.05) is 19.3 Å². The largest absolute Gasteiger partial charge is 0.384 e. The molecule has 0 aliphatic carbocycles. The van der Waals surface area contributed by atoms with Gasteiger partial charge in [-0.3, -0.25) is 14.5 Å². The number of hydrogen-bond acceptors (Lipinski definition) is 5. The second-order valence-corrected chi connectivity index (χ2v) is 7.34. The molecule has 2 atom stereocenters. The van der Waals surface area contributed by atoms with Gasteiger partial charge in [0.1, 0.15) is 17.7 Å². The molecule has 4 N–H and O–H groups in total. The van der Waals surface area contributed by atoms with E-state index in [1.807, 2.05) is 11.9 Å². The molecule has 7 nitrogen and oxygen atoms in total. The number of likely N-dealkylation sites (N-methyl/N-ethyl adjacent to an activating group) is 1. The molecule has 1 aromatic carbocycles. The standard InChI is InChI=1S/C21H26FN5O2/c1-27-9-3-6-18(27)21(29)26-17(11-14-4-2-5-16(22)10-14)20(28)25-13-15-7-8-19(23)24-12-15/h2,4-5,7-8,10,12,17-18H,3,6,9,11,13H2,1H3,(H2,23,24)(H,25,28)(H,26,29)/t17-,18?/m0/s1. The number of aromatic nitrogens is 1. The van der Waals surface area contributed by atoms with Gasteiger partial charge in [0.15, 0.2) is 0 Å². The van der Waals surface area contributed by atoms with E-state index in [2.05, 4.69) is 15.6 Å². The van der Waals surface area contributed by atoms with Crippen molar-refractivity contribution in [2.45, 2.75) is 37.9 Å². The molecule has 0 radical (unpaired) electrons. The topological polar surface area (TPSA) is 100 Å². The number of carbonyl (C=O) groups is 2. The van der Waals surface area contributed by atoms with Crippen LogP contribution < -0.4 is 16.4 Å². The van der Waals surface area contributed by atoms with Gasteiger partial charge in [-0.2, -0.15) is 0 Å². The second-order valence-electron chi connectivity index (χ2n) is 7.34. The van der Waals surface area contributed by atoms with Crippen molar-refractivity contribution in [3.8, 4) is 0 Å². The quantitative estimate of drug-likeness (QED) is 0.651. The molecule has 1 unspecified atom stereocenters. The fourth-order valence-corrected chi connectivity index (χ4v) is 3.47. The first-order valence-corrected chi connectivity index (χ1v) is 9.65. The number of rotatable bonds is 7. The normalized spacial score (nSPS) is 17.7. The molecule has 29 heavy (non-hydrogen) atoms. The van der Waals surface area contributed by atoms with Gasteiger partial charge < -0.3 is 16.4 Å². The number of amides is 2. The maximum atomic E-state index is 13.6. The molecule has 1 aromatic heterocycles. The summed E-state index contributed by atoms with van der Waals surface area (Å²) in [4.78, 5) is 31.5. The van der Waals surface area contributed by atoms with E-state index in [-0.39, 0.29) is 36.6 Å². The van der Waals surface area contributed by atoms with Crippen molar-refractivity contribution in [3.05, 3.63) is 59.5 Å². The van der Waals surface area contributed by atoms with E-state index in [0.29, 0.717) is 11.4 Å². The van der Waals surface area contributed by atoms with Crippen LogP contribution in [-0.2, 0) is 22.6 Å². The fraction of sp³-hybridized carbons (Fsp3) is 0.381. The molecule has 1 fully saturated rings. The van der Waals surface area contributed by atoms with Crippen LogP contribution in [0.1, 0.15) is 24.0 Å². The highest BCUT2D eigenvalue weighted by Crippen LogP contribution is 2.15. The van der Waals surface area contributed by atoms with Crippen LogP contribution in [0.3, 0.4) is 0 Å². The molecule has 1 aliphatic rings. The van der Waals surface area contributed by atoms with Crippen molar-refractivity contribution >= 4 is 17.6 Å². The number of anilines is 1. The van der Waals surface area contributed by atoms with Crippen LogP contribution in [0.5, 0.6) is 0 Å². The lowest BCUT2D eigenvalue weighted by atomic mass is 10.0. The Kier molecular flexibility index (Phi) is 6.77. The molecule has 3 rings (SSSR count). The molecule has 154 valence electrons. The first-order valence-electron chi connectivity index (χ1n) is 9.65. The van der Waals surface area contributed by atoms with E-state index in [1.165, 1.54) is 12.1 Å². The molecule has 0 saturated carbocycles. The summed E-state index contributed by atoms with van der Waals surface area (Å²) in [6.45, 7) is 1.11. The number of pyridine rings is 1. The minimum atomic E-state index is -0.806. The highest BCUT2D eigenvalue weighted by molar-refractivity contribution is 5.90. The monoisotopic (exact) mass is 399 g/mol. The summed E-state index contributed by atoms with van der Waals surface area (Å²) in [7, 11) is 1.90. The highest BCUT2D eigenvalue weighted by atomic mass is 19.1. The average molecular weight is 399 g/mol.